The van der Waals surface area contributed by atoms with Crippen molar-refractivity contribution < 1.29 is 23.1 Å². The number of hydrogen-bond donors (Lipinski definition) is 2. The molecule has 2 N–H and O–H groups in total. The van der Waals surface area contributed by atoms with Crippen LogP contribution in [0.15, 0.2) is 24.3 Å². The molecule has 0 bridgehead atoms. The van der Waals surface area contributed by atoms with Crippen molar-refractivity contribution in [2.75, 3.05) is 12.4 Å². The van der Waals surface area contributed by atoms with Crippen LogP contribution in [0.1, 0.15) is 29.7 Å². The van der Waals surface area contributed by atoms with Crippen molar-refractivity contribution in [3.8, 4) is 11.3 Å². The van der Waals surface area contributed by atoms with Gasteiger partial charge in [0.05, 0.1) is 17.7 Å². The van der Waals surface area contributed by atoms with Crippen molar-refractivity contribution in [3.63, 3.8) is 0 Å². The third-order valence-corrected chi connectivity index (χ3v) is 4.59. The van der Waals surface area contributed by atoms with Gasteiger partial charge in [-0.2, -0.15) is 13.2 Å². The number of carboxylic acids is 1. The molecule has 0 amide bonds. The van der Waals surface area contributed by atoms with E-state index >= 15 is 0 Å². The number of rotatable bonds is 5. The number of hydrogen-bond acceptors (Lipinski definition) is 4. The standard InChI is InChI=1S/C15H15F3N2O2S/c1-8(7-11(21)22)13-12(20-14(19-2)23-13)9-5-3-4-6-10(9)15(16,17)18/h3-6,8H,7H2,1-2H3,(H,19,20)(H,21,22). The Morgan fingerprint density at radius 1 is 1.39 bits per heavy atom. The lowest BCUT2D eigenvalue weighted by atomic mass is 9.98. The first-order chi connectivity index (χ1) is 10.7. The lowest BCUT2D eigenvalue weighted by Gasteiger charge is -2.14. The number of benzene rings is 1. The van der Waals surface area contributed by atoms with Crippen LogP contribution in [0.2, 0.25) is 0 Å². The number of aliphatic carboxylic acids is 1. The Labute approximate surface area is 135 Å². The molecule has 1 unspecified atom stereocenters. The molecule has 8 heteroatoms. The molecule has 0 fully saturated rings. The van der Waals surface area contributed by atoms with E-state index in [-0.39, 0.29) is 17.7 Å². The SMILES string of the molecule is CNc1nc(-c2ccccc2C(F)(F)F)c(C(C)CC(=O)O)s1. The monoisotopic (exact) mass is 344 g/mol. The highest BCUT2D eigenvalue weighted by molar-refractivity contribution is 7.16. The Morgan fingerprint density at radius 2 is 2.04 bits per heavy atom. The number of carbonyl (C=O) groups is 1. The van der Waals surface area contributed by atoms with Gasteiger partial charge >= 0.3 is 12.1 Å². The number of thiazole rings is 1. The van der Waals surface area contributed by atoms with E-state index in [1.54, 1.807) is 14.0 Å². The molecule has 2 rings (SSSR count). The zero-order valence-corrected chi connectivity index (χ0v) is 13.3. The van der Waals surface area contributed by atoms with E-state index in [2.05, 4.69) is 10.3 Å². The topological polar surface area (TPSA) is 62.2 Å². The summed E-state index contributed by atoms with van der Waals surface area (Å²) in [4.78, 5) is 15.7. The Kier molecular flexibility index (Phi) is 4.93. The average molecular weight is 344 g/mol. The van der Waals surface area contributed by atoms with Gasteiger partial charge in [0, 0.05) is 23.4 Å². The van der Waals surface area contributed by atoms with Crippen LogP contribution in [-0.2, 0) is 11.0 Å². The predicted molar refractivity (Wildman–Crippen MR) is 82.8 cm³/mol. The summed E-state index contributed by atoms with van der Waals surface area (Å²) in [5.41, 5.74) is -0.636. The number of anilines is 1. The minimum absolute atomic E-state index is 0.0370. The van der Waals surface area contributed by atoms with E-state index in [1.165, 1.54) is 29.5 Å². The smallest absolute Gasteiger partial charge is 0.417 e. The molecule has 1 atom stereocenters. The molecule has 4 nitrogen and oxygen atoms in total. The van der Waals surface area contributed by atoms with E-state index in [4.69, 9.17) is 5.11 Å². The molecule has 2 aromatic rings. The van der Waals surface area contributed by atoms with Crippen LogP contribution < -0.4 is 5.32 Å². The van der Waals surface area contributed by atoms with Crippen molar-refractivity contribution >= 4 is 22.4 Å². The zero-order chi connectivity index (χ0) is 17.2. The lowest BCUT2D eigenvalue weighted by Crippen LogP contribution is -2.08. The maximum Gasteiger partial charge on any atom is 0.417 e. The first kappa shape index (κ1) is 17.3. The van der Waals surface area contributed by atoms with Crippen LogP contribution >= 0.6 is 11.3 Å². The number of nitrogens with zero attached hydrogens (tertiary/aromatic N) is 1. The second kappa shape index (κ2) is 6.57. The minimum atomic E-state index is -4.51. The van der Waals surface area contributed by atoms with Crippen molar-refractivity contribution in [2.24, 2.45) is 0 Å². The molecule has 0 aliphatic heterocycles. The summed E-state index contributed by atoms with van der Waals surface area (Å²) >= 11 is 1.17. The van der Waals surface area contributed by atoms with Crippen LogP contribution in [-0.4, -0.2) is 23.1 Å². The van der Waals surface area contributed by atoms with Gasteiger partial charge in [-0.25, -0.2) is 4.98 Å². The Balaban J connectivity index is 2.60. The quantitative estimate of drug-likeness (QED) is 0.841. The maximum atomic E-state index is 13.2. The summed E-state index contributed by atoms with van der Waals surface area (Å²) in [6, 6.07) is 5.18. The molecule has 1 heterocycles. The van der Waals surface area contributed by atoms with Crippen molar-refractivity contribution in [3.05, 3.63) is 34.7 Å². The first-order valence-corrected chi connectivity index (χ1v) is 7.62. The molecule has 0 saturated heterocycles. The molecular weight excluding hydrogens is 329 g/mol. The number of halogens is 3. The van der Waals surface area contributed by atoms with Crippen molar-refractivity contribution in [1.29, 1.82) is 0 Å². The van der Waals surface area contributed by atoms with Crippen LogP contribution in [0, 0.1) is 0 Å². The van der Waals surface area contributed by atoms with Gasteiger partial charge in [0.15, 0.2) is 5.13 Å². The maximum absolute atomic E-state index is 13.2. The van der Waals surface area contributed by atoms with Gasteiger partial charge < -0.3 is 10.4 Å². The summed E-state index contributed by atoms with van der Waals surface area (Å²) in [5, 5.41) is 12.2. The minimum Gasteiger partial charge on any atom is -0.481 e. The van der Waals surface area contributed by atoms with Gasteiger partial charge in [0.1, 0.15) is 0 Å². The van der Waals surface area contributed by atoms with Crippen molar-refractivity contribution in [1.82, 2.24) is 4.98 Å². The van der Waals surface area contributed by atoms with Gasteiger partial charge in [-0.1, -0.05) is 25.1 Å². The molecule has 1 aromatic carbocycles. The van der Waals surface area contributed by atoms with Gasteiger partial charge in [-0.3, -0.25) is 4.79 Å². The first-order valence-electron chi connectivity index (χ1n) is 6.81. The van der Waals surface area contributed by atoms with E-state index < -0.39 is 23.6 Å². The Bertz CT molecular complexity index is 713. The number of alkyl halides is 3. The van der Waals surface area contributed by atoms with Crippen molar-refractivity contribution in [2.45, 2.75) is 25.4 Å². The molecule has 124 valence electrons. The average Bonchev–Trinajstić information content (AvgIpc) is 2.90. The van der Waals surface area contributed by atoms with E-state index in [1.807, 2.05) is 0 Å². The molecule has 1 aromatic heterocycles. The van der Waals surface area contributed by atoms with E-state index in [9.17, 15) is 18.0 Å². The summed E-state index contributed by atoms with van der Waals surface area (Å²) in [7, 11) is 1.61. The third-order valence-electron chi connectivity index (χ3n) is 3.28. The molecule has 0 saturated carbocycles. The highest BCUT2D eigenvalue weighted by Gasteiger charge is 2.35. The normalized spacial score (nSPS) is 12.9. The molecule has 0 radical (unpaired) electrons. The van der Waals surface area contributed by atoms with Gasteiger partial charge in [0.25, 0.3) is 0 Å². The van der Waals surface area contributed by atoms with Gasteiger partial charge in [0.2, 0.25) is 0 Å². The van der Waals surface area contributed by atoms with Gasteiger partial charge in [-0.05, 0) is 6.07 Å². The lowest BCUT2D eigenvalue weighted by molar-refractivity contribution is -0.138. The molecule has 0 spiro atoms. The second-order valence-electron chi connectivity index (χ2n) is 5.02. The zero-order valence-electron chi connectivity index (χ0n) is 12.4. The highest BCUT2D eigenvalue weighted by Crippen LogP contribution is 2.42. The molecule has 0 aliphatic carbocycles. The fourth-order valence-corrected chi connectivity index (χ4v) is 3.24. The number of aromatic nitrogens is 1. The fourth-order valence-electron chi connectivity index (χ4n) is 2.26. The van der Waals surface area contributed by atoms with Crippen LogP contribution in [0.4, 0.5) is 18.3 Å². The summed E-state index contributed by atoms with van der Waals surface area (Å²) in [6.07, 6.45) is -4.68. The highest BCUT2D eigenvalue weighted by atomic mass is 32.1. The van der Waals surface area contributed by atoms with Crippen LogP contribution in [0.25, 0.3) is 11.3 Å². The molecule has 23 heavy (non-hydrogen) atoms. The number of nitrogens with one attached hydrogen (secondary N) is 1. The second-order valence-corrected chi connectivity index (χ2v) is 6.05. The summed E-state index contributed by atoms with van der Waals surface area (Å²) in [5.74, 6) is -1.45. The summed E-state index contributed by atoms with van der Waals surface area (Å²) in [6.45, 7) is 1.67. The van der Waals surface area contributed by atoms with Crippen LogP contribution in [0.5, 0.6) is 0 Å². The summed E-state index contributed by atoms with van der Waals surface area (Å²) < 4.78 is 39.7. The molecular formula is C15H15F3N2O2S. The predicted octanol–water partition coefficient (Wildman–Crippen LogP) is 4.45. The van der Waals surface area contributed by atoms with Gasteiger partial charge in [-0.15, -0.1) is 11.3 Å². The van der Waals surface area contributed by atoms with Crippen LogP contribution in [0.3, 0.4) is 0 Å². The number of carboxylic acid groups (broad SMARTS) is 1. The Hall–Kier alpha value is -2.09. The van der Waals surface area contributed by atoms with E-state index in [0.29, 0.717) is 10.0 Å². The third kappa shape index (κ3) is 3.82. The fraction of sp³-hybridized carbons (Fsp3) is 0.333. The Morgan fingerprint density at radius 3 is 2.61 bits per heavy atom. The molecule has 0 aliphatic rings. The van der Waals surface area contributed by atoms with E-state index in [0.717, 1.165) is 6.07 Å². The largest absolute Gasteiger partial charge is 0.481 e.